The molecule has 0 saturated heterocycles. The van der Waals surface area contributed by atoms with Crippen LogP contribution in [0.5, 0.6) is 5.75 Å². The molecule has 2 aromatic rings. The number of hydrogen-bond acceptors (Lipinski definition) is 2. The molecule has 0 N–H and O–H groups in total. The number of benzene rings is 2. The van der Waals surface area contributed by atoms with Crippen LogP contribution in [0.15, 0.2) is 42.5 Å². The van der Waals surface area contributed by atoms with Gasteiger partial charge in [-0.25, -0.2) is 0 Å². The van der Waals surface area contributed by atoms with Crippen LogP contribution in [0.1, 0.15) is 43.0 Å². The normalized spacial score (nSPS) is 11.0. The van der Waals surface area contributed by atoms with Gasteiger partial charge in [0.2, 0.25) is 0 Å². The zero-order valence-corrected chi connectivity index (χ0v) is 13.1. The minimum atomic E-state index is 0.115. The minimum absolute atomic E-state index is 0.115. The van der Waals surface area contributed by atoms with Gasteiger partial charge in [-0.1, -0.05) is 39.0 Å². The summed E-state index contributed by atoms with van der Waals surface area (Å²) in [4.78, 5) is 0. The van der Waals surface area contributed by atoms with Crippen molar-refractivity contribution in [1.82, 2.24) is 0 Å². The molecule has 0 fully saturated rings. The number of hydrogen-bond donors (Lipinski definition) is 0. The lowest BCUT2D eigenvalue weighted by molar-refractivity contribution is 0.304. The van der Waals surface area contributed by atoms with Crippen LogP contribution < -0.4 is 4.74 Å². The van der Waals surface area contributed by atoms with E-state index >= 15 is 0 Å². The van der Waals surface area contributed by atoms with E-state index in [1.807, 2.05) is 37.3 Å². The molecule has 2 heteroatoms. The SMILES string of the molecule is Cc1cc(C#N)ccc1COc1cccc(C(C)(C)C)c1. The van der Waals surface area contributed by atoms with Crippen LogP contribution in [0, 0.1) is 18.3 Å². The van der Waals surface area contributed by atoms with Crippen LogP contribution in [0.25, 0.3) is 0 Å². The molecular weight excluding hydrogens is 258 g/mol. The molecule has 0 bridgehead atoms. The van der Waals surface area contributed by atoms with Crippen LogP contribution in [-0.4, -0.2) is 0 Å². The number of nitriles is 1. The molecule has 0 unspecified atom stereocenters. The topological polar surface area (TPSA) is 33.0 Å². The third-order valence-corrected chi connectivity index (χ3v) is 3.57. The van der Waals surface area contributed by atoms with Crippen molar-refractivity contribution in [3.05, 3.63) is 64.7 Å². The van der Waals surface area contributed by atoms with Gasteiger partial charge in [-0.3, -0.25) is 0 Å². The van der Waals surface area contributed by atoms with Gasteiger partial charge >= 0.3 is 0 Å². The molecule has 0 atom stereocenters. The van der Waals surface area contributed by atoms with E-state index in [-0.39, 0.29) is 5.41 Å². The Kier molecular flexibility index (Phi) is 4.33. The maximum atomic E-state index is 8.89. The molecule has 0 aliphatic rings. The highest BCUT2D eigenvalue weighted by Crippen LogP contribution is 2.26. The first-order valence-corrected chi connectivity index (χ1v) is 7.13. The van der Waals surface area contributed by atoms with Crippen molar-refractivity contribution in [3.8, 4) is 11.8 Å². The van der Waals surface area contributed by atoms with Gasteiger partial charge < -0.3 is 4.74 Å². The maximum absolute atomic E-state index is 8.89. The molecule has 0 amide bonds. The Morgan fingerprint density at radius 2 is 1.86 bits per heavy atom. The van der Waals surface area contributed by atoms with Crippen LogP contribution in [0.3, 0.4) is 0 Å². The minimum Gasteiger partial charge on any atom is -0.489 e. The first-order valence-electron chi connectivity index (χ1n) is 7.13. The van der Waals surface area contributed by atoms with Gasteiger partial charge in [0.25, 0.3) is 0 Å². The molecule has 0 aliphatic heterocycles. The summed E-state index contributed by atoms with van der Waals surface area (Å²) in [7, 11) is 0. The monoisotopic (exact) mass is 279 g/mol. The van der Waals surface area contributed by atoms with Crippen LogP contribution in [0.2, 0.25) is 0 Å². The van der Waals surface area contributed by atoms with Gasteiger partial charge in [-0.05, 0) is 53.3 Å². The zero-order valence-electron chi connectivity index (χ0n) is 13.1. The summed E-state index contributed by atoms with van der Waals surface area (Å²) in [5, 5.41) is 8.89. The molecule has 0 radical (unpaired) electrons. The quantitative estimate of drug-likeness (QED) is 0.812. The number of aryl methyl sites for hydroxylation is 1. The number of ether oxygens (including phenoxy) is 1. The second kappa shape index (κ2) is 6.01. The largest absolute Gasteiger partial charge is 0.489 e. The fourth-order valence-corrected chi connectivity index (χ4v) is 2.14. The van der Waals surface area contributed by atoms with E-state index in [1.54, 1.807) is 0 Å². The van der Waals surface area contributed by atoms with Gasteiger partial charge in [0.05, 0.1) is 11.6 Å². The van der Waals surface area contributed by atoms with Gasteiger partial charge in [-0.15, -0.1) is 0 Å². The smallest absolute Gasteiger partial charge is 0.120 e. The van der Waals surface area contributed by atoms with E-state index < -0.39 is 0 Å². The predicted molar refractivity (Wildman–Crippen MR) is 85.4 cm³/mol. The van der Waals surface area contributed by atoms with Crippen molar-refractivity contribution < 1.29 is 4.74 Å². The first-order chi connectivity index (χ1) is 9.90. The highest BCUT2D eigenvalue weighted by molar-refractivity contribution is 5.38. The van der Waals surface area contributed by atoms with Crippen molar-refractivity contribution in [1.29, 1.82) is 5.26 Å². The summed E-state index contributed by atoms with van der Waals surface area (Å²) in [6, 6.07) is 16.1. The van der Waals surface area contributed by atoms with Gasteiger partial charge in [0, 0.05) is 0 Å². The molecule has 21 heavy (non-hydrogen) atoms. The Morgan fingerprint density at radius 3 is 2.48 bits per heavy atom. The molecule has 2 rings (SSSR count). The summed E-state index contributed by atoms with van der Waals surface area (Å²) in [6.45, 7) is 9.10. The molecular formula is C19H21NO. The Morgan fingerprint density at radius 1 is 1.10 bits per heavy atom. The van der Waals surface area contributed by atoms with E-state index in [9.17, 15) is 0 Å². The molecule has 0 aromatic heterocycles. The fraction of sp³-hybridized carbons (Fsp3) is 0.316. The molecule has 0 heterocycles. The standard InChI is InChI=1S/C19H21NO/c1-14-10-15(12-20)8-9-16(14)13-21-18-7-5-6-17(11-18)19(2,3)4/h5-11H,13H2,1-4H3. The average molecular weight is 279 g/mol. The van der Waals surface area contributed by atoms with Crippen molar-refractivity contribution in [3.63, 3.8) is 0 Å². The van der Waals surface area contributed by atoms with E-state index in [4.69, 9.17) is 10.00 Å². The Labute approximate surface area is 127 Å². The van der Waals surface area contributed by atoms with E-state index in [1.165, 1.54) is 5.56 Å². The van der Waals surface area contributed by atoms with Gasteiger partial charge in [0.1, 0.15) is 12.4 Å². The molecule has 0 spiro atoms. The Bertz CT molecular complexity index is 675. The van der Waals surface area contributed by atoms with Crippen molar-refractivity contribution in [2.24, 2.45) is 0 Å². The molecule has 2 nitrogen and oxygen atoms in total. The van der Waals surface area contributed by atoms with Crippen molar-refractivity contribution >= 4 is 0 Å². The Balaban J connectivity index is 2.12. The lowest BCUT2D eigenvalue weighted by Gasteiger charge is -2.20. The predicted octanol–water partition coefficient (Wildman–Crippen LogP) is 4.74. The molecule has 2 aromatic carbocycles. The second-order valence-electron chi connectivity index (χ2n) is 6.32. The maximum Gasteiger partial charge on any atom is 0.120 e. The van der Waals surface area contributed by atoms with Crippen molar-refractivity contribution in [2.45, 2.75) is 39.7 Å². The first kappa shape index (κ1) is 15.1. The highest BCUT2D eigenvalue weighted by atomic mass is 16.5. The fourth-order valence-electron chi connectivity index (χ4n) is 2.14. The summed E-state index contributed by atoms with van der Waals surface area (Å²) in [6.07, 6.45) is 0. The Hall–Kier alpha value is -2.27. The number of rotatable bonds is 3. The van der Waals surface area contributed by atoms with E-state index in [2.05, 4.69) is 39.0 Å². The summed E-state index contributed by atoms with van der Waals surface area (Å²) in [5.41, 5.74) is 4.25. The summed E-state index contributed by atoms with van der Waals surface area (Å²) >= 11 is 0. The van der Waals surface area contributed by atoms with Crippen LogP contribution in [-0.2, 0) is 12.0 Å². The number of nitrogens with zero attached hydrogens (tertiary/aromatic N) is 1. The third-order valence-electron chi connectivity index (χ3n) is 3.57. The van der Waals surface area contributed by atoms with Gasteiger partial charge in [-0.2, -0.15) is 5.26 Å². The second-order valence-corrected chi connectivity index (χ2v) is 6.32. The lowest BCUT2D eigenvalue weighted by atomic mass is 9.87. The lowest BCUT2D eigenvalue weighted by Crippen LogP contribution is -2.11. The zero-order chi connectivity index (χ0) is 15.5. The van der Waals surface area contributed by atoms with E-state index in [0.717, 1.165) is 16.9 Å². The molecule has 0 saturated carbocycles. The van der Waals surface area contributed by atoms with Gasteiger partial charge in [0.15, 0.2) is 0 Å². The summed E-state index contributed by atoms with van der Waals surface area (Å²) < 4.78 is 5.90. The molecule has 108 valence electrons. The van der Waals surface area contributed by atoms with Crippen LogP contribution >= 0.6 is 0 Å². The highest BCUT2D eigenvalue weighted by Gasteiger charge is 2.14. The average Bonchev–Trinajstić information content (AvgIpc) is 2.45. The molecule has 0 aliphatic carbocycles. The van der Waals surface area contributed by atoms with E-state index in [0.29, 0.717) is 12.2 Å². The third kappa shape index (κ3) is 3.86. The van der Waals surface area contributed by atoms with Crippen LogP contribution in [0.4, 0.5) is 0 Å². The summed E-state index contributed by atoms with van der Waals surface area (Å²) in [5.74, 6) is 0.881. The van der Waals surface area contributed by atoms with Crippen molar-refractivity contribution in [2.75, 3.05) is 0 Å².